The van der Waals surface area contributed by atoms with Crippen LogP contribution in [0.25, 0.3) is 0 Å². The number of nitrogens with one attached hydrogen (secondary N) is 1. The van der Waals surface area contributed by atoms with Gasteiger partial charge < -0.3 is 5.32 Å². The third kappa shape index (κ3) is 2.59. The van der Waals surface area contributed by atoms with Crippen molar-refractivity contribution >= 4 is 27.3 Å². The summed E-state index contributed by atoms with van der Waals surface area (Å²) in [5, 5.41) is 5.21. The molecule has 0 bridgehead atoms. The summed E-state index contributed by atoms with van der Waals surface area (Å²) in [6, 6.07) is 7.00. The van der Waals surface area contributed by atoms with Gasteiger partial charge in [-0.15, -0.1) is 11.3 Å². The number of aryl methyl sites for hydroxylation is 1. The van der Waals surface area contributed by atoms with Gasteiger partial charge >= 0.3 is 0 Å². The molecule has 1 aromatic heterocycles. The molecular weight excluding hydrogens is 301 g/mol. The highest BCUT2D eigenvalue weighted by molar-refractivity contribution is 9.10. The van der Waals surface area contributed by atoms with Crippen LogP contribution < -0.4 is 5.32 Å². The Morgan fingerprint density at radius 3 is 2.71 bits per heavy atom. The van der Waals surface area contributed by atoms with Crippen molar-refractivity contribution in [3.8, 4) is 0 Å². The molecule has 0 spiro atoms. The molecule has 1 N–H and O–H groups in total. The maximum atomic E-state index is 13.9. The number of thiophene rings is 1. The van der Waals surface area contributed by atoms with Crippen molar-refractivity contribution in [2.45, 2.75) is 13.0 Å². The molecule has 0 amide bonds. The first kappa shape index (κ1) is 12.7. The number of halogens is 2. The summed E-state index contributed by atoms with van der Waals surface area (Å²) in [6.07, 6.45) is 0. The van der Waals surface area contributed by atoms with E-state index in [1.165, 1.54) is 11.6 Å². The molecule has 0 aliphatic rings. The van der Waals surface area contributed by atoms with Crippen molar-refractivity contribution in [2.75, 3.05) is 7.05 Å². The fraction of sp³-hybridized carbons (Fsp3) is 0.231. The molecule has 2 rings (SSSR count). The number of hydrogen-bond acceptors (Lipinski definition) is 2. The zero-order valence-electron chi connectivity index (χ0n) is 9.63. The largest absolute Gasteiger partial charge is 0.309 e. The second-order valence-electron chi connectivity index (χ2n) is 3.86. The third-order valence-corrected chi connectivity index (χ3v) is 4.30. The quantitative estimate of drug-likeness (QED) is 0.892. The van der Waals surface area contributed by atoms with E-state index in [1.807, 2.05) is 25.4 Å². The highest BCUT2D eigenvalue weighted by atomic mass is 79.9. The van der Waals surface area contributed by atoms with Crippen LogP contribution in [0.2, 0.25) is 0 Å². The first-order valence-corrected chi connectivity index (χ1v) is 6.97. The Morgan fingerprint density at radius 2 is 2.12 bits per heavy atom. The third-order valence-electron chi connectivity index (χ3n) is 2.72. The molecular formula is C13H13BrFNS. The molecule has 90 valence electrons. The molecule has 1 unspecified atom stereocenters. The van der Waals surface area contributed by atoms with Crippen molar-refractivity contribution in [2.24, 2.45) is 0 Å². The Hall–Kier alpha value is -0.710. The van der Waals surface area contributed by atoms with Crippen LogP contribution >= 0.6 is 27.3 Å². The normalized spacial score (nSPS) is 12.7. The van der Waals surface area contributed by atoms with Gasteiger partial charge in [-0.05, 0) is 49.2 Å². The van der Waals surface area contributed by atoms with Crippen LogP contribution in [0.5, 0.6) is 0 Å². The maximum Gasteiger partial charge on any atom is 0.128 e. The van der Waals surface area contributed by atoms with Crippen molar-refractivity contribution in [3.63, 3.8) is 0 Å². The fourth-order valence-corrected chi connectivity index (χ4v) is 3.28. The van der Waals surface area contributed by atoms with E-state index in [1.54, 1.807) is 17.4 Å². The lowest BCUT2D eigenvalue weighted by atomic mass is 10.0. The molecule has 0 saturated heterocycles. The van der Waals surface area contributed by atoms with Crippen molar-refractivity contribution in [1.29, 1.82) is 0 Å². The van der Waals surface area contributed by atoms with Gasteiger partial charge in [-0.25, -0.2) is 4.39 Å². The Balaban J connectivity index is 2.49. The highest BCUT2D eigenvalue weighted by Crippen LogP contribution is 2.31. The molecule has 0 aliphatic carbocycles. The summed E-state index contributed by atoms with van der Waals surface area (Å²) in [5.74, 6) is -0.180. The second kappa shape index (κ2) is 5.29. The van der Waals surface area contributed by atoms with E-state index >= 15 is 0 Å². The molecule has 1 aromatic carbocycles. The van der Waals surface area contributed by atoms with Gasteiger partial charge in [0.05, 0.1) is 6.04 Å². The zero-order valence-corrected chi connectivity index (χ0v) is 12.0. The van der Waals surface area contributed by atoms with E-state index in [4.69, 9.17) is 0 Å². The molecule has 0 aliphatic heterocycles. The van der Waals surface area contributed by atoms with Gasteiger partial charge in [-0.1, -0.05) is 15.9 Å². The summed E-state index contributed by atoms with van der Waals surface area (Å²) >= 11 is 5.03. The van der Waals surface area contributed by atoms with Crippen LogP contribution in [0.4, 0.5) is 4.39 Å². The standard InChI is InChI=1S/C13H13BrFNS/c1-8-5-6-17-13(8)12(16-2)10-7-9(14)3-4-11(10)15/h3-7,12,16H,1-2H3. The summed E-state index contributed by atoms with van der Waals surface area (Å²) in [4.78, 5) is 1.16. The molecule has 0 radical (unpaired) electrons. The maximum absolute atomic E-state index is 13.9. The minimum atomic E-state index is -0.180. The van der Waals surface area contributed by atoms with Gasteiger partial charge in [-0.2, -0.15) is 0 Å². The van der Waals surface area contributed by atoms with Gasteiger partial charge in [-0.3, -0.25) is 0 Å². The predicted octanol–water partition coefficient (Wildman–Crippen LogP) is 4.27. The molecule has 4 heteroatoms. The number of hydrogen-bond donors (Lipinski definition) is 1. The van der Waals surface area contributed by atoms with E-state index in [9.17, 15) is 4.39 Å². The summed E-state index contributed by atoms with van der Waals surface area (Å²) in [6.45, 7) is 2.05. The molecule has 0 fully saturated rings. The lowest BCUT2D eigenvalue weighted by Gasteiger charge is -2.17. The first-order valence-electron chi connectivity index (χ1n) is 5.29. The lowest BCUT2D eigenvalue weighted by Crippen LogP contribution is -2.18. The smallest absolute Gasteiger partial charge is 0.128 e. The Morgan fingerprint density at radius 1 is 1.35 bits per heavy atom. The SMILES string of the molecule is CNC(c1cc(Br)ccc1F)c1sccc1C. The van der Waals surface area contributed by atoms with E-state index in [0.29, 0.717) is 5.56 Å². The van der Waals surface area contributed by atoms with Crippen LogP contribution in [-0.2, 0) is 0 Å². The van der Waals surface area contributed by atoms with E-state index in [2.05, 4.69) is 27.3 Å². The van der Waals surface area contributed by atoms with Gasteiger partial charge in [0.25, 0.3) is 0 Å². The van der Waals surface area contributed by atoms with Gasteiger partial charge in [0.1, 0.15) is 5.82 Å². The average Bonchev–Trinajstić information content (AvgIpc) is 2.71. The monoisotopic (exact) mass is 313 g/mol. The van der Waals surface area contributed by atoms with Gasteiger partial charge in [0.2, 0.25) is 0 Å². The van der Waals surface area contributed by atoms with Gasteiger partial charge in [0, 0.05) is 14.9 Å². The first-order chi connectivity index (χ1) is 8.13. The van der Waals surface area contributed by atoms with E-state index in [0.717, 1.165) is 9.35 Å². The molecule has 1 heterocycles. The fourth-order valence-electron chi connectivity index (χ4n) is 1.84. The molecule has 0 saturated carbocycles. The van der Waals surface area contributed by atoms with Crippen LogP contribution in [0.3, 0.4) is 0 Å². The number of rotatable bonds is 3. The average molecular weight is 314 g/mol. The van der Waals surface area contributed by atoms with E-state index < -0.39 is 0 Å². The Kier molecular flexibility index (Phi) is 3.97. The van der Waals surface area contributed by atoms with Crippen LogP contribution in [0.15, 0.2) is 34.1 Å². The van der Waals surface area contributed by atoms with Gasteiger partial charge in [0.15, 0.2) is 0 Å². The lowest BCUT2D eigenvalue weighted by molar-refractivity contribution is 0.578. The summed E-state index contributed by atoms with van der Waals surface area (Å²) in [5.41, 5.74) is 1.86. The minimum Gasteiger partial charge on any atom is -0.309 e. The van der Waals surface area contributed by atoms with Crippen molar-refractivity contribution in [1.82, 2.24) is 5.32 Å². The summed E-state index contributed by atoms with van der Waals surface area (Å²) in [7, 11) is 1.85. The van der Waals surface area contributed by atoms with E-state index in [-0.39, 0.29) is 11.9 Å². The molecule has 2 aromatic rings. The Bertz CT molecular complexity index is 524. The van der Waals surface area contributed by atoms with Crippen molar-refractivity contribution in [3.05, 3.63) is 55.9 Å². The highest BCUT2D eigenvalue weighted by Gasteiger charge is 2.19. The minimum absolute atomic E-state index is 0.0903. The predicted molar refractivity (Wildman–Crippen MR) is 74.1 cm³/mol. The molecule has 1 nitrogen and oxygen atoms in total. The topological polar surface area (TPSA) is 12.0 Å². The molecule has 1 atom stereocenters. The Labute approximate surface area is 113 Å². The number of benzene rings is 1. The second-order valence-corrected chi connectivity index (χ2v) is 5.72. The van der Waals surface area contributed by atoms with Crippen LogP contribution in [0, 0.1) is 12.7 Å². The zero-order chi connectivity index (χ0) is 12.4. The van der Waals surface area contributed by atoms with Crippen molar-refractivity contribution < 1.29 is 4.39 Å². The molecule has 17 heavy (non-hydrogen) atoms. The van der Waals surface area contributed by atoms with Crippen LogP contribution in [-0.4, -0.2) is 7.05 Å². The van der Waals surface area contributed by atoms with Crippen LogP contribution in [0.1, 0.15) is 22.0 Å². The summed E-state index contributed by atoms with van der Waals surface area (Å²) < 4.78 is 14.8.